The van der Waals surface area contributed by atoms with Gasteiger partial charge in [0.15, 0.2) is 5.96 Å². The summed E-state index contributed by atoms with van der Waals surface area (Å²) in [7, 11) is 1.80. The number of aliphatic imine (C=N–C) groups is 1. The predicted octanol–water partition coefficient (Wildman–Crippen LogP) is 2.20. The molecule has 1 aliphatic carbocycles. The number of rotatable bonds is 6. The summed E-state index contributed by atoms with van der Waals surface area (Å²) in [6.07, 6.45) is 7.46. The minimum Gasteiger partial charge on any atom is -0.356 e. The third-order valence-corrected chi connectivity index (χ3v) is 6.39. The van der Waals surface area contributed by atoms with Gasteiger partial charge in [-0.3, -0.25) is 9.79 Å². The zero-order valence-electron chi connectivity index (χ0n) is 16.0. The van der Waals surface area contributed by atoms with Gasteiger partial charge in [-0.2, -0.15) is 0 Å². The molecule has 2 aliphatic rings. The van der Waals surface area contributed by atoms with Crippen LogP contribution in [-0.2, 0) is 17.6 Å². The van der Waals surface area contributed by atoms with E-state index < -0.39 is 0 Å². The number of amides is 1. The molecule has 1 aromatic rings. The van der Waals surface area contributed by atoms with E-state index in [-0.39, 0.29) is 12.0 Å². The molecule has 3 rings (SSSR count). The van der Waals surface area contributed by atoms with E-state index in [9.17, 15) is 4.79 Å². The molecule has 2 heterocycles. The van der Waals surface area contributed by atoms with Crippen molar-refractivity contribution >= 4 is 23.2 Å². The molecule has 6 nitrogen and oxygen atoms in total. The van der Waals surface area contributed by atoms with Crippen LogP contribution in [0.2, 0.25) is 0 Å². The topological polar surface area (TPSA) is 69.6 Å². The fourth-order valence-electron chi connectivity index (χ4n) is 3.83. The number of nitrogens with one attached hydrogen (secondary N) is 2. The fourth-order valence-corrected chi connectivity index (χ4v) is 4.61. The highest BCUT2D eigenvalue weighted by Crippen LogP contribution is 2.27. The van der Waals surface area contributed by atoms with Gasteiger partial charge in [0, 0.05) is 50.4 Å². The number of hydrogen-bond acceptors (Lipinski definition) is 4. The van der Waals surface area contributed by atoms with Crippen molar-refractivity contribution in [2.24, 2.45) is 10.9 Å². The maximum atomic E-state index is 12.6. The second kappa shape index (κ2) is 9.35. The lowest BCUT2D eigenvalue weighted by molar-refractivity contribution is -0.134. The van der Waals surface area contributed by atoms with E-state index in [1.54, 1.807) is 18.4 Å². The van der Waals surface area contributed by atoms with E-state index in [1.165, 1.54) is 17.8 Å². The summed E-state index contributed by atoms with van der Waals surface area (Å²) in [4.78, 5) is 23.5. The van der Waals surface area contributed by atoms with E-state index in [0.717, 1.165) is 63.4 Å². The third-order valence-electron chi connectivity index (χ3n) is 5.34. The highest BCUT2D eigenvalue weighted by atomic mass is 32.1. The molecule has 0 radical (unpaired) electrons. The summed E-state index contributed by atoms with van der Waals surface area (Å²) in [5.41, 5.74) is 1.14. The molecular formula is C19H31N5OS. The number of guanidine groups is 1. The van der Waals surface area contributed by atoms with Gasteiger partial charge in [-0.1, -0.05) is 19.8 Å². The minimum atomic E-state index is 0.275. The monoisotopic (exact) mass is 377 g/mol. The van der Waals surface area contributed by atoms with Gasteiger partial charge in [0.05, 0.1) is 10.7 Å². The summed E-state index contributed by atoms with van der Waals surface area (Å²) in [6.45, 7) is 4.60. The molecule has 1 atom stereocenters. The zero-order chi connectivity index (χ0) is 18.4. The Labute approximate surface area is 160 Å². The molecule has 1 amide bonds. The molecular weight excluding hydrogens is 346 g/mol. The Morgan fingerprint density at radius 1 is 1.38 bits per heavy atom. The highest BCUT2D eigenvalue weighted by molar-refractivity contribution is 7.09. The summed E-state index contributed by atoms with van der Waals surface area (Å²) in [5.74, 6) is 1.46. The number of hydrogen-bond donors (Lipinski definition) is 2. The SMILES string of the molecule is CCc1nc(CCNC(=NC)NC2CCN(C(=O)C3CCCC3)C2)cs1. The van der Waals surface area contributed by atoms with Crippen molar-refractivity contribution in [3.05, 3.63) is 16.1 Å². The molecule has 26 heavy (non-hydrogen) atoms. The molecule has 1 saturated carbocycles. The van der Waals surface area contributed by atoms with Gasteiger partial charge >= 0.3 is 0 Å². The van der Waals surface area contributed by atoms with Crippen LogP contribution in [0.15, 0.2) is 10.4 Å². The van der Waals surface area contributed by atoms with E-state index in [2.05, 4.69) is 32.9 Å². The Morgan fingerprint density at radius 2 is 2.19 bits per heavy atom. The van der Waals surface area contributed by atoms with Crippen LogP contribution in [0.5, 0.6) is 0 Å². The van der Waals surface area contributed by atoms with Crippen molar-refractivity contribution < 1.29 is 4.79 Å². The van der Waals surface area contributed by atoms with Crippen LogP contribution in [0.25, 0.3) is 0 Å². The summed E-state index contributed by atoms with van der Waals surface area (Å²) in [6, 6.07) is 0.289. The molecule has 1 aliphatic heterocycles. The quantitative estimate of drug-likeness (QED) is 0.589. The Hall–Kier alpha value is -1.63. The van der Waals surface area contributed by atoms with E-state index in [4.69, 9.17) is 0 Å². The molecule has 0 aromatic carbocycles. The molecule has 0 bridgehead atoms. The number of carbonyl (C=O) groups is 1. The largest absolute Gasteiger partial charge is 0.356 e. The van der Waals surface area contributed by atoms with Gasteiger partial charge < -0.3 is 15.5 Å². The fraction of sp³-hybridized carbons (Fsp3) is 0.737. The van der Waals surface area contributed by atoms with Crippen LogP contribution in [-0.4, -0.2) is 54.5 Å². The lowest BCUT2D eigenvalue weighted by Gasteiger charge is -2.21. The Balaban J connectivity index is 1.40. The van der Waals surface area contributed by atoms with Crippen molar-refractivity contribution in [2.75, 3.05) is 26.7 Å². The number of carbonyl (C=O) groups excluding carboxylic acids is 1. The number of likely N-dealkylation sites (tertiary alicyclic amines) is 1. The van der Waals surface area contributed by atoms with Crippen LogP contribution < -0.4 is 10.6 Å². The average molecular weight is 378 g/mol. The molecule has 0 spiro atoms. The molecule has 2 N–H and O–H groups in total. The Kier molecular flexibility index (Phi) is 6.88. The van der Waals surface area contributed by atoms with Crippen molar-refractivity contribution in [1.29, 1.82) is 0 Å². The third kappa shape index (κ3) is 4.96. The first-order valence-corrected chi connectivity index (χ1v) is 10.8. The molecule has 1 unspecified atom stereocenters. The van der Waals surface area contributed by atoms with Gasteiger partial charge in [-0.05, 0) is 25.7 Å². The van der Waals surface area contributed by atoms with Crippen LogP contribution in [0, 0.1) is 5.92 Å². The van der Waals surface area contributed by atoms with E-state index in [0.29, 0.717) is 5.91 Å². The molecule has 144 valence electrons. The van der Waals surface area contributed by atoms with Gasteiger partial charge in [0.2, 0.25) is 5.91 Å². The number of nitrogens with zero attached hydrogens (tertiary/aromatic N) is 3. The van der Waals surface area contributed by atoms with Crippen LogP contribution in [0.3, 0.4) is 0 Å². The Morgan fingerprint density at radius 3 is 2.88 bits per heavy atom. The normalized spacial score (nSPS) is 21.4. The van der Waals surface area contributed by atoms with Gasteiger partial charge in [-0.15, -0.1) is 11.3 Å². The molecule has 1 saturated heterocycles. The van der Waals surface area contributed by atoms with Crippen LogP contribution in [0.4, 0.5) is 0 Å². The Bertz CT molecular complexity index is 623. The van der Waals surface area contributed by atoms with Crippen molar-refractivity contribution in [1.82, 2.24) is 20.5 Å². The van der Waals surface area contributed by atoms with E-state index in [1.807, 2.05) is 4.90 Å². The second-order valence-electron chi connectivity index (χ2n) is 7.23. The maximum absolute atomic E-state index is 12.6. The summed E-state index contributed by atoms with van der Waals surface area (Å²) < 4.78 is 0. The zero-order valence-corrected chi connectivity index (χ0v) is 16.8. The maximum Gasteiger partial charge on any atom is 0.225 e. The molecule has 2 fully saturated rings. The van der Waals surface area contributed by atoms with Crippen molar-refractivity contribution in [3.63, 3.8) is 0 Å². The van der Waals surface area contributed by atoms with Gasteiger partial charge in [0.1, 0.15) is 0 Å². The lowest BCUT2D eigenvalue weighted by atomic mass is 10.1. The van der Waals surface area contributed by atoms with Gasteiger partial charge in [0.25, 0.3) is 0 Å². The number of thiazole rings is 1. The first kappa shape index (κ1) is 19.1. The lowest BCUT2D eigenvalue weighted by Crippen LogP contribution is -2.45. The molecule has 7 heteroatoms. The van der Waals surface area contributed by atoms with Crippen molar-refractivity contribution in [3.8, 4) is 0 Å². The summed E-state index contributed by atoms with van der Waals surface area (Å²) >= 11 is 1.73. The number of aromatic nitrogens is 1. The van der Waals surface area contributed by atoms with E-state index >= 15 is 0 Å². The predicted molar refractivity (Wildman–Crippen MR) is 107 cm³/mol. The summed E-state index contributed by atoms with van der Waals surface area (Å²) in [5, 5.41) is 10.2. The smallest absolute Gasteiger partial charge is 0.225 e. The average Bonchev–Trinajstić information content (AvgIpc) is 3.41. The van der Waals surface area contributed by atoms with Gasteiger partial charge in [-0.25, -0.2) is 4.98 Å². The number of aryl methyl sites for hydroxylation is 1. The molecule has 1 aromatic heterocycles. The highest BCUT2D eigenvalue weighted by Gasteiger charge is 2.32. The first-order valence-electron chi connectivity index (χ1n) is 9.88. The minimum absolute atomic E-state index is 0.275. The van der Waals surface area contributed by atoms with Crippen LogP contribution >= 0.6 is 11.3 Å². The van der Waals surface area contributed by atoms with Crippen LogP contribution in [0.1, 0.15) is 49.7 Å². The second-order valence-corrected chi connectivity index (χ2v) is 8.17. The van der Waals surface area contributed by atoms with Crippen molar-refractivity contribution in [2.45, 2.75) is 57.9 Å². The first-order chi connectivity index (χ1) is 12.7. The standard InChI is InChI=1S/C19H31N5OS/c1-3-17-22-16(13-26-17)8-10-21-19(20-2)23-15-9-11-24(12-15)18(25)14-6-4-5-7-14/h13-15H,3-12H2,1-2H3,(H2,20,21,23).